The fourth-order valence-corrected chi connectivity index (χ4v) is 3.34. The number of nitrogens with zero attached hydrogens (tertiary/aromatic N) is 2. The number of hydrogen-bond donors (Lipinski definition) is 1. The molecule has 1 aromatic heterocycles. The number of fused-ring (bicyclic) bond motifs is 1. The van der Waals surface area contributed by atoms with Crippen molar-refractivity contribution in [3.8, 4) is 0 Å². The molecule has 2 saturated carbocycles. The Kier molecular flexibility index (Phi) is 1.90. The second-order valence-electron chi connectivity index (χ2n) is 6.14. The van der Waals surface area contributed by atoms with E-state index in [-0.39, 0.29) is 0 Å². The molecule has 0 bridgehead atoms. The highest BCUT2D eigenvalue weighted by atomic mass is 15.2. The first kappa shape index (κ1) is 10.4. The minimum Gasteiger partial charge on any atom is -0.369 e. The smallest absolute Gasteiger partial charge is 0.201 e. The zero-order valence-corrected chi connectivity index (χ0v) is 10.8. The predicted molar refractivity (Wildman–Crippen MR) is 73.3 cm³/mol. The lowest BCUT2D eigenvalue weighted by molar-refractivity contribution is 0.377. The first-order chi connectivity index (χ1) is 8.70. The molecule has 3 nitrogen and oxygen atoms in total. The van der Waals surface area contributed by atoms with E-state index in [9.17, 15) is 0 Å². The number of aromatic nitrogens is 2. The van der Waals surface area contributed by atoms with Crippen LogP contribution in [0.2, 0.25) is 0 Å². The van der Waals surface area contributed by atoms with Crippen molar-refractivity contribution in [2.45, 2.75) is 39.2 Å². The van der Waals surface area contributed by atoms with Gasteiger partial charge in [-0.25, -0.2) is 4.98 Å². The van der Waals surface area contributed by atoms with Crippen LogP contribution in [0, 0.1) is 18.3 Å². The second-order valence-corrected chi connectivity index (χ2v) is 6.14. The first-order valence-corrected chi connectivity index (χ1v) is 6.91. The van der Waals surface area contributed by atoms with Gasteiger partial charge in [0.2, 0.25) is 5.95 Å². The van der Waals surface area contributed by atoms with Crippen molar-refractivity contribution < 1.29 is 0 Å². The molecule has 0 aliphatic heterocycles. The number of anilines is 1. The molecule has 94 valence electrons. The molecule has 0 spiro atoms. The minimum atomic E-state index is 0.561. The van der Waals surface area contributed by atoms with Gasteiger partial charge >= 0.3 is 0 Å². The summed E-state index contributed by atoms with van der Waals surface area (Å²) < 4.78 is 2.24. The highest BCUT2D eigenvalue weighted by Crippen LogP contribution is 2.62. The summed E-state index contributed by atoms with van der Waals surface area (Å²) in [5.41, 5.74) is 10.2. The van der Waals surface area contributed by atoms with E-state index in [0.29, 0.717) is 11.4 Å². The fourth-order valence-electron chi connectivity index (χ4n) is 3.34. The normalized spacial score (nSPS) is 21.4. The topological polar surface area (TPSA) is 43.8 Å². The van der Waals surface area contributed by atoms with E-state index >= 15 is 0 Å². The largest absolute Gasteiger partial charge is 0.369 e. The minimum absolute atomic E-state index is 0.561. The number of aryl methyl sites for hydroxylation is 1. The molecule has 2 aliphatic carbocycles. The summed E-state index contributed by atoms with van der Waals surface area (Å²) in [5.74, 6) is 1.64. The highest BCUT2D eigenvalue weighted by Gasteiger charge is 2.54. The van der Waals surface area contributed by atoms with E-state index < -0.39 is 0 Å². The van der Waals surface area contributed by atoms with E-state index in [1.165, 1.54) is 36.8 Å². The van der Waals surface area contributed by atoms with Crippen molar-refractivity contribution in [2.75, 3.05) is 5.73 Å². The van der Waals surface area contributed by atoms with Gasteiger partial charge in [0.05, 0.1) is 11.0 Å². The summed E-state index contributed by atoms with van der Waals surface area (Å²) in [7, 11) is 0. The number of imidazole rings is 1. The average molecular weight is 241 g/mol. The monoisotopic (exact) mass is 241 g/mol. The highest BCUT2D eigenvalue weighted by molar-refractivity contribution is 5.81. The first-order valence-electron chi connectivity index (χ1n) is 6.91. The van der Waals surface area contributed by atoms with E-state index in [4.69, 9.17) is 5.73 Å². The van der Waals surface area contributed by atoms with Crippen LogP contribution in [0.25, 0.3) is 11.0 Å². The molecule has 0 amide bonds. The number of hydrogen-bond acceptors (Lipinski definition) is 2. The van der Waals surface area contributed by atoms with Crippen LogP contribution in [0.5, 0.6) is 0 Å². The van der Waals surface area contributed by atoms with Crippen LogP contribution in [0.1, 0.15) is 31.2 Å². The number of nitrogens with two attached hydrogens (primary N) is 1. The Morgan fingerprint density at radius 3 is 2.83 bits per heavy atom. The SMILES string of the molecule is Cc1cccc2c1nc(N)n2CC1(C2CC2)CC1. The van der Waals surface area contributed by atoms with E-state index in [2.05, 4.69) is 34.7 Å². The standard InChI is InChI=1S/C15H19N3/c1-10-3-2-4-12-13(10)17-14(16)18(12)9-15(7-8-15)11-5-6-11/h2-4,11H,5-9H2,1H3,(H2,16,17). The van der Waals surface area contributed by atoms with Crippen molar-refractivity contribution in [2.24, 2.45) is 11.3 Å². The van der Waals surface area contributed by atoms with Gasteiger partial charge in [-0.2, -0.15) is 0 Å². The predicted octanol–water partition coefficient (Wildman–Crippen LogP) is 3.12. The summed E-state index contributed by atoms with van der Waals surface area (Å²) in [6, 6.07) is 6.35. The molecule has 18 heavy (non-hydrogen) atoms. The third kappa shape index (κ3) is 1.39. The summed E-state index contributed by atoms with van der Waals surface area (Å²) in [4.78, 5) is 4.55. The third-order valence-corrected chi connectivity index (χ3v) is 4.82. The lowest BCUT2D eigenvalue weighted by atomic mass is 10.0. The molecular weight excluding hydrogens is 222 g/mol. The van der Waals surface area contributed by atoms with E-state index in [1.54, 1.807) is 0 Å². The van der Waals surface area contributed by atoms with Crippen molar-refractivity contribution >= 4 is 17.0 Å². The van der Waals surface area contributed by atoms with Crippen LogP contribution in [0.4, 0.5) is 5.95 Å². The van der Waals surface area contributed by atoms with Gasteiger partial charge in [-0.15, -0.1) is 0 Å². The number of para-hydroxylation sites is 1. The molecule has 0 atom stereocenters. The Labute approximate surface area is 107 Å². The maximum Gasteiger partial charge on any atom is 0.201 e. The van der Waals surface area contributed by atoms with Gasteiger partial charge < -0.3 is 10.3 Å². The van der Waals surface area contributed by atoms with Gasteiger partial charge in [-0.1, -0.05) is 12.1 Å². The zero-order valence-electron chi connectivity index (χ0n) is 10.8. The molecular formula is C15H19N3. The Balaban J connectivity index is 1.80. The van der Waals surface area contributed by atoms with Crippen LogP contribution < -0.4 is 5.73 Å². The van der Waals surface area contributed by atoms with E-state index in [1.807, 2.05) is 0 Å². The summed E-state index contributed by atoms with van der Waals surface area (Å²) in [5, 5.41) is 0. The molecule has 2 aromatic rings. The quantitative estimate of drug-likeness (QED) is 0.897. The summed E-state index contributed by atoms with van der Waals surface area (Å²) in [6.45, 7) is 3.18. The van der Waals surface area contributed by atoms with E-state index in [0.717, 1.165) is 18.0 Å². The molecule has 0 radical (unpaired) electrons. The second kappa shape index (κ2) is 3.28. The van der Waals surface area contributed by atoms with Crippen LogP contribution in [-0.2, 0) is 6.54 Å². The molecule has 0 unspecified atom stereocenters. The fraction of sp³-hybridized carbons (Fsp3) is 0.533. The van der Waals surface area contributed by atoms with Crippen molar-refractivity contribution in [3.63, 3.8) is 0 Å². The van der Waals surface area contributed by atoms with Gasteiger partial charge in [0.1, 0.15) is 0 Å². The molecule has 1 aromatic carbocycles. The molecule has 2 aliphatic rings. The van der Waals surface area contributed by atoms with Crippen molar-refractivity contribution in [1.82, 2.24) is 9.55 Å². The number of nitrogen functional groups attached to an aromatic ring is 1. The zero-order chi connectivity index (χ0) is 12.3. The van der Waals surface area contributed by atoms with Gasteiger partial charge in [-0.3, -0.25) is 0 Å². The Hall–Kier alpha value is -1.51. The van der Waals surface area contributed by atoms with Crippen LogP contribution in [0.3, 0.4) is 0 Å². The molecule has 2 N–H and O–H groups in total. The average Bonchev–Trinajstić information content (AvgIpc) is 3.23. The Bertz CT molecular complexity index is 618. The maximum atomic E-state index is 6.13. The molecule has 0 saturated heterocycles. The van der Waals surface area contributed by atoms with Crippen molar-refractivity contribution in [1.29, 1.82) is 0 Å². The number of benzene rings is 1. The van der Waals surface area contributed by atoms with Gasteiger partial charge in [0, 0.05) is 6.54 Å². The Morgan fingerprint density at radius 1 is 1.39 bits per heavy atom. The molecule has 3 heteroatoms. The van der Waals surface area contributed by atoms with Crippen LogP contribution in [0.15, 0.2) is 18.2 Å². The van der Waals surface area contributed by atoms with Crippen LogP contribution in [-0.4, -0.2) is 9.55 Å². The lowest BCUT2D eigenvalue weighted by Crippen LogP contribution is -2.15. The molecule has 4 rings (SSSR count). The lowest BCUT2D eigenvalue weighted by Gasteiger charge is -2.16. The Morgan fingerprint density at radius 2 is 2.17 bits per heavy atom. The van der Waals surface area contributed by atoms with Gasteiger partial charge in [0.25, 0.3) is 0 Å². The van der Waals surface area contributed by atoms with Crippen molar-refractivity contribution in [3.05, 3.63) is 23.8 Å². The summed E-state index contributed by atoms with van der Waals surface area (Å²) in [6.07, 6.45) is 5.60. The molecule has 1 heterocycles. The van der Waals surface area contributed by atoms with Gasteiger partial charge in [0.15, 0.2) is 0 Å². The van der Waals surface area contributed by atoms with Gasteiger partial charge in [-0.05, 0) is 55.6 Å². The summed E-state index contributed by atoms with van der Waals surface area (Å²) >= 11 is 0. The van der Waals surface area contributed by atoms with Crippen LogP contribution >= 0.6 is 0 Å². The molecule has 2 fully saturated rings. The number of rotatable bonds is 3. The maximum absolute atomic E-state index is 6.13. The third-order valence-electron chi connectivity index (χ3n) is 4.82.